The van der Waals surface area contributed by atoms with E-state index in [1.54, 1.807) is 11.3 Å². The third-order valence-electron chi connectivity index (χ3n) is 6.67. The maximum absolute atomic E-state index is 12.5. The number of nitrogens with one attached hydrogen (secondary N) is 1. The Kier molecular flexibility index (Phi) is 8.91. The lowest BCUT2D eigenvalue weighted by Crippen LogP contribution is -2.26. The van der Waals surface area contributed by atoms with Crippen LogP contribution >= 0.6 is 34.5 Å². The maximum atomic E-state index is 12.5. The van der Waals surface area contributed by atoms with E-state index >= 15 is 0 Å². The van der Waals surface area contributed by atoms with Gasteiger partial charge in [0.05, 0.1) is 6.42 Å². The molecule has 0 saturated carbocycles. The summed E-state index contributed by atoms with van der Waals surface area (Å²) in [6, 6.07) is 21.9. The zero-order chi connectivity index (χ0) is 26.5. The summed E-state index contributed by atoms with van der Waals surface area (Å²) in [5, 5.41) is 14.1. The van der Waals surface area contributed by atoms with Gasteiger partial charge in [0.1, 0.15) is 0 Å². The van der Waals surface area contributed by atoms with Crippen LogP contribution in [0.2, 0.25) is 10.0 Å². The number of halogens is 2. The number of thiophene rings is 1. The molecular weight excluding hydrogens is 525 g/mol. The molecule has 2 N–H and O–H groups in total. The van der Waals surface area contributed by atoms with Gasteiger partial charge in [-0.3, -0.25) is 9.59 Å². The van der Waals surface area contributed by atoms with Gasteiger partial charge in [0, 0.05) is 37.6 Å². The first kappa shape index (κ1) is 27.2. The predicted octanol–water partition coefficient (Wildman–Crippen LogP) is 8.44. The summed E-state index contributed by atoms with van der Waals surface area (Å²) < 4.78 is 1.21. The lowest BCUT2D eigenvalue weighted by molar-refractivity contribution is -0.136. The molecule has 0 spiro atoms. The monoisotopic (exact) mass is 553 g/mol. The molecule has 37 heavy (non-hydrogen) atoms. The fourth-order valence-electron chi connectivity index (χ4n) is 4.85. The van der Waals surface area contributed by atoms with Crippen molar-refractivity contribution >= 4 is 56.5 Å². The molecule has 0 radical (unpaired) electrons. The molecule has 0 saturated heterocycles. The third kappa shape index (κ3) is 6.35. The molecule has 0 bridgehead atoms. The van der Waals surface area contributed by atoms with Gasteiger partial charge in [-0.05, 0) is 83.8 Å². The van der Waals surface area contributed by atoms with Crippen LogP contribution in [0.5, 0.6) is 0 Å². The second kappa shape index (κ2) is 12.1. The van der Waals surface area contributed by atoms with E-state index in [-0.39, 0.29) is 30.7 Å². The van der Waals surface area contributed by atoms with Crippen LogP contribution in [0.15, 0.2) is 66.7 Å². The Labute approximate surface area is 231 Å². The maximum Gasteiger partial charge on any atom is 0.305 e. The number of amides is 1. The minimum absolute atomic E-state index is 0.0995. The number of benzene rings is 3. The van der Waals surface area contributed by atoms with Crippen LogP contribution in [0, 0.1) is 6.92 Å². The average molecular weight is 555 g/mol. The molecular formula is C30H29Cl2NO3S. The number of carboxylic acids is 1. The molecule has 1 amide bonds. The van der Waals surface area contributed by atoms with Crippen molar-refractivity contribution < 1.29 is 14.7 Å². The van der Waals surface area contributed by atoms with Crippen LogP contribution in [0.3, 0.4) is 0 Å². The van der Waals surface area contributed by atoms with Gasteiger partial charge < -0.3 is 10.4 Å². The van der Waals surface area contributed by atoms with Gasteiger partial charge in [0.2, 0.25) is 0 Å². The highest BCUT2D eigenvalue weighted by atomic mass is 35.5. The molecule has 192 valence electrons. The molecule has 0 fully saturated rings. The number of fused-ring (bicyclic) bond motifs is 1. The molecule has 0 aliphatic rings. The quantitative estimate of drug-likeness (QED) is 0.207. The number of carbonyl (C=O) groups excluding carboxylic acids is 1. The minimum Gasteiger partial charge on any atom is -0.481 e. The topological polar surface area (TPSA) is 66.4 Å². The van der Waals surface area contributed by atoms with Crippen molar-refractivity contribution in [3.8, 4) is 0 Å². The molecule has 4 rings (SSSR count). The van der Waals surface area contributed by atoms with Crippen LogP contribution < -0.4 is 5.32 Å². The largest absolute Gasteiger partial charge is 0.481 e. The van der Waals surface area contributed by atoms with Crippen LogP contribution in [-0.4, -0.2) is 23.5 Å². The van der Waals surface area contributed by atoms with Gasteiger partial charge in [-0.25, -0.2) is 0 Å². The van der Waals surface area contributed by atoms with E-state index < -0.39 is 5.97 Å². The van der Waals surface area contributed by atoms with Crippen LogP contribution in [-0.2, 0) is 4.79 Å². The molecule has 4 nitrogen and oxygen atoms in total. The van der Waals surface area contributed by atoms with Gasteiger partial charge in [-0.15, -0.1) is 11.3 Å². The van der Waals surface area contributed by atoms with Crippen molar-refractivity contribution in [3.05, 3.63) is 104 Å². The Hall–Kier alpha value is -2.86. The SMILES string of the molecule is CCCC(c1ccc(C(=O)NCCC(=O)O)cc1)C(c1ccc(Cl)cc1)c1sc2ccc(Cl)cc2c1C. The molecule has 0 aliphatic carbocycles. The number of carboxylic acid groups (broad SMARTS) is 1. The standard InChI is InChI=1S/C30H29Cl2NO3S/c1-3-4-24(19-5-7-21(8-6-19)30(36)33-16-15-27(34)35)28(20-9-11-22(31)12-10-20)29-18(2)25-17-23(32)13-14-26(25)37-29/h5-14,17,24,28H,3-4,15-16H2,1-2H3,(H,33,36)(H,34,35). The van der Waals surface area contributed by atoms with E-state index in [0.29, 0.717) is 10.6 Å². The molecule has 2 atom stereocenters. The first-order valence-corrected chi connectivity index (χ1v) is 13.9. The van der Waals surface area contributed by atoms with E-state index in [0.717, 1.165) is 23.4 Å². The number of aliphatic carboxylic acids is 1. The van der Waals surface area contributed by atoms with E-state index in [1.807, 2.05) is 48.5 Å². The van der Waals surface area contributed by atoms with Crippen molar-refractivity contribution in [1.29, 1.82) is 0 Å². The molecule has 3 aromatic carbocycles. The Morgan fingerprint density at radius 2 is 1.59 bits per heavy atom. The zero-order valence-corrected chi connectivity index (χ0v) is 23.1. The first-order chi connectivity index (χ1) is 17.8. The van der Waals surface area contributed by atoms with Crippen molar-refractivity contribution in [3.63, 3.8) is 0 Å². The van der Waals surface area contributed by atoms with Crippen LogP contribution in [0.25, 0.3) is 10.1 Å². The van der Waals surface area contributed by atoms with Crippen molar-refractivity contribution in [2.24, 2.45) is 0 Å². The summed E-state index contributed by atoms with van der Waals surface area (Å²) in [5.41, 5.74) is 4.09. The Balaban J connectivity index is 1.75. The highest BCUT2D eigenvalue weighted by molar-refractivity contribution is 7.19. The fourth-order valence-corrected chi connectivity index (χ4v) is 6.53. The van der Waals surface area contributed by atoms with Gasteiger partial charge in [0.15, 0.2) is 0 Å². The van der Waals surface area contributed by atoms with Crippen molar-refractivity contribution in [2.45, 2.75) is 44.9 Å². The summed E-state index contributed by atoms with van der Waals surface area (Å²) in [7, 11) is 0. The first-order valence-electron chi connectivity index (χ1n) is 12.3. The van der Waals surface area contributed by atoms with Crippen molar-refractivity contribution in [2.75, 3.05) is 6.54 Å². The third-order valence-corrected chi connectivity index (χ3v) is 8.52. The molecule has 4 aromatic rings. The Morgan fingerprint density at radius 3 is 2.24 bits per heavy atom. The van der Waals surface area contributed by atoms with Gasteiger partial charge in [-0.2, -0.15) is 0 Å². The number of carbonyl (C=O) groups is 2. The number of rotatable bonds is 10. The van der Waals surface area contributed by atoms with Gasteiger partial charge in [0.25, 0.3) is 5.91 Å². The number of hydrogen-bond donors (Lipinski definition) is 2. The molecule has 0 aliphatic heterocycles. The summed E-state index contributed by atoms with van der Waals surface area (Å²) in [4.78, 5) is 24.5. The summed E-state index contributed by atoms with van der Waals surface area (Å²) in [6.45, 7) is 4.46. The Morgan fingerprint density at radius 1 is 0.946 bits per heavy atom. The summed E-state index contributed by atoms with van der Waals surface area (Å²) in [5.74, 6) is -0.933. The van der Waals surface area contributed by atoms with E-state index in [9.17, 15) is 9.59 Å². The zero-order valence-electron chi connectivity index (χ0n) is 20.8. The van der Waals surface area contributed by atoms with Crippen molar-refractivity contribution in [1.82, 2.24) is 5.32 Å². The van der Waals surface area contributed by atoms with E-state index in [4.69, 9.17) is 28.3 Å². The molecule has 1 aromatic heterocycles. The highest BCUT2D eigenvalue weighted by Gasteiger charge is 2.29. The Bertz CT molecular complexity index is 1400. The molecule has 2 unspecified atom stereocenters. The second-order valence-corrected chi connectivity index (χ2v) is 11.1. The molecule has 1 heterocycles. The fraction of sp³-hybridized carbons (Fsp3) is 0.267. The van der Waals surface area contributed by atoms with Gasteiger partial charge >= 0.3 is 5.97 Å². The minimum atomic E-state index is -0.940. The summed E-state index contributed by atoms with van der Waals surface area (Å²) >= 11 is 14.4. The van der Waals surface area contributed by atoms with E-state index in [2.05, 4.69) is 37.4 Å². The van der Waals surface area contributed by atoms with Crippen LogP contribution in [0.4, 0.5) is 0 Å². The lowest BCUT2D eigenvalue weighted by Gasteiger charge is -2.28. The normalized spacial score (nSPS) is 12.9. The number of aryl methyl sites for hydroxylation is 1. The molecule has 7 heteroatoms. The predicted molar refractivity (Wildman–Crippen MR) is 154 cm³/mol. The average Bonchev–Trinajstić information content (AvgIpc) is 3.20. The smallest absolute Gasteiger partial charge is 0.305 e. The van der Waals surface area contributed by atoms with E-state index in [1.165, 1.54) is 26.1 Å². The van der Waals surface area contributed by atoms with Gasteiger partial charge in [-0.1, -0.05) is 60.8 Å². The summed E-state index contributed by atoms with van der Waals surface area (Å²) in [6.07, 6.45) is 1.86. The second-order valence-electron chi connectivity index (χ2n) is 9.18. The highest BCUT2D eigenvalue weighted by Crippen LogP contribution is 2.47. The number of hydrogen-bond acceptors (Lipinski definition) is 3. The van der Waals surface area contributed by atoms with Crippen LogP contribution in [0.1, 0.15) is 69.9 Å². The lowest BCUT2D eigenvalue weighted by atomic mass is 9.77.